The van der Waals surface area contributed by atoms with Crippen LogP contribution in [-0.2, 0) is 14.4 Å². The third-order valence-electron chi connectivity index (χ3n) is 6.47. The van der Waals surface area contributed by atoms with Crippen molar-refractivity contribution in [2.45, 2.75) is 17.7 Å². The number of thioether (sulfide) groups is 1. The molecule has 1 fully saturated rings. The first kappa shape index (κ1) is 23.8. The molecule has 180 valence electrons. The molecule has 0 saturated heterocycles. The predicted molar refractivity (Wildman–Crippen MR) is 139 cm³/mol. The number of hydrogen-bond donors (Lipinski definition) is 3. The number of thiazole rings is 1. The zero-order chi connectivity index (χ0) is 24.7. The highest BCUT2D eigenvalue weighted by atomic mass is 35.5. The number of aryl methyl sites for hydroxylation is 1. The molecule has 7 nitrogen and oxygen atoms in total. The minimum Gasteiger partial charge on any atom is -0.481 e. The number of allylic oxidation sites excluding steroid dienone is 2. The van der Waals surface area contributed by atoms with Crippen LogP contribution < -0.4 is 10.6 Å². The fourth-order valence-corrected chi connectivity index (χ4v) is 6.87. The lowest BCUT2D eigenvalue weighted by Gasteiger charge is -2.23. The molecule has 2 aliphatic carbocycles. The molecule has 1 aromatic heterocycles. The SMILES string of the molecule is Cc1ccc(NC(=O)CSc2nc3ccc(NC(=O)[C@H]4[C@@H](C(=O)O)[C@H]5C=C[C@H]4C5)cc3s2)cc1Cl. The number of carboxylic acids is 1. The Kier molecular flexibility index (Phi) is 6.57. The molecule has 3 N–H and O–H groups in total. The van der Waals surface area contributed by atoms with Gasteiger partial charge in [-0.1, -0.05) is 41.6 Å². The molecule has 5 rings (SSSR count). The largest absolute Gasteiger partial charge is 0.481 e. The monoisotopic (exact) mass is 527 g/mol. The molecular formula is C25H22ClN3O4S2. The third-order valence-corrected chi connectivity index (χ3v) is 9.03. The van der Waals surface area contributed by atoms with Crippen LogP contribution in [0.1, 0.15) is 12.0 Å². The van der Waals surface area contributed by atoms with Gasteiger partial charge < -0.3 is 15.7 Å². The van der Waals surface area contributed by atoms with E-state index >= 15 is 0 Å². The van der Waals surface area contributed by atoms with E-state index in [9.17, 15) is 19.5 Å². The van der Waals surface area contributed by atoms with Crippen molar-refractivity contribution in [2.24, 2.45) is 23.7 Å². The van der Waals surface area contributed by atoms with Crippen LogP contribution in [0, 0.1) is 30.6 Å². The summed E-state index contributed by atoms with van der Waals surface area (Å²) in [4.78, 5) is 41.6. The molecule has 2 aromatic carbocycles. The lowest BCUT2D eigenvalue weighted by Crippen LogP contribution is -2.36. The maximum atomic E-state index is 13.0. The summed E-state index contributed by atoms with van der Waals surface area (Å²) >= 11 is 8.88. The summed E-state index contributed by atoms with van der Waals surface area (Å²) in [5.41, 5.74) is 2.96. The number of aromatic nitrogens is 1. The van der Waals surface area contributed by atoms with Crippen molar-refractivity contribution >= 4 is 74.1 Å². The summed E-state index contributed by atoms with van der Waals surface area (Å²) in [5, 5.41) is 15.9. The van der Waals surface area contributed by atoms with Gasteiger partial charge in [0.1, 0.15) is 0 Å². The van der Waals surface area contributed by atoms with E-state index < -0.39 is 17.8 Å². The van der Waals surface area contributed by atoms with Crippen LogP contribution >= 0.6 is 34.7 Å². The lowest BCUT2D eigenvalue weighted by molar-refractivity contribution is -0.146. The number of nitrogens with one attached hydrogen (secondary N) is 2. The van der Waals surface area contributed by atoms with Crippen LogP contribution in [0.4, 0.5) is 11.4 Å². The van der Waals surface area contributed by atoms with Crippen LogP contribution in [0.2, 0.25) is 5.02 Å². The number of carbonyl (C=O) groups is 3. The van der Waals surface area contributed by atoms with E-state index in [1.54, 1.807) is 12.1 Å². The summed E-state index contributed by atoms with van der Waals surface area (Å²) < 4.78 is 1.61. The van der Waals surface area contributed by atoms with Gasteiger partial charge in [0.2, 0.25) is 11.8 Å². The van der Waals surface area contributed by atoms with E-state index in [1.165, 1.54) is 23.1 Å². The molecule has 0 aliphatic heterocycles. The molecule has 1 heterocycles. The third kappa shape index (κ3) is 4.94. The number of carboxylic acid groups (broad SMARTS) is 1. The summed E-state index contributed by atoms with van der Waals surface area (Å²) in [7, 11) is 0. The number of benzene rings is 2. The normalized spacial score (nSPS) is 22.5. The average Bonchev–Trinajstić information content (AvgIpc) is 3.54. The number of rotatable bonds is 7. The van der Waals surface area contributed by atoms with Gasteiger partial charge >= 0.3 is 5.97 Å². The second-order valence-electron chi connectivity index (χ2n) is 8.79. The van der Waals surface area contributed by atoms with Crippen molar-refractivity contribution < 1.29 is 19.5 Å². The van der Waals surface area contributed by atoms with Gasteiger partial charge in [-0.15, -0.1) is 11.3 Å². The average molecular weight is 528 g/mol. The maximum absolute atomic E-state index is 13.0. The van der Waals surface area contributed by atoms with Gasteiger partial charge in [-0.3, -0.25) is 14.4 Å². The molecule has 1 saturated carbocycles. The Bertz CT molecular complexity index is 1370. The first-order valence-corrected chi connectivity index (χ1v) is 13.3. The Morgan fingerprint density at radius 2 is 1.80 bits per heavy atom. The molecule has 3 aromatic rings. The van der Waals surface area contributed by atoms with Crippen molar-refractivity contribution in [3.05, 3.63) is 59.1 Å². The van der Waals surface area contributed by atoms with Gasteiger partial charge in [-0.2, -0.15) is 0 Å². The summed E-state index contributed by atoms with van der Waals surface area (Å²) in [6, 6.07) is 10.8. The van der Waals surface area contributed by atoms with E-state index in [1.807, 2.05) is 43.3 Å². The summed E-state index contributed by atoms with van der Waals surface area (Å²) in [6.45, 7) is 1.90. The van der Waals surface area contributed by atoms with Crippen molar-refractivity contribution in [2.75, 3.05) is 16.4 Å². The molecule has 10 heteroatoms. The molecular weight excluding hydrogens is 506 g/mol. The van der Waals surface area contributed by atoms with Gasteiger partial charge in [-0.25, -0.2) is 4.98 Å². The Labute approximate surface area is 215 Å². The van der Waals surface area contributed by atoms with Crippen LogP contribution in [0.3, 0.4) is 0 Å². The van der Waals surface area contributed by atoms with Crippen LogP contribution in [0.5, 0.6) is 0 Å². The van der Waals surface area contributed by atoms with E-state index in [0.717, 1.165) is 20.1 Å². The zero-order valence-corrected chi connectivity index (χ0v) is 21.0. The van der Waals surface area contributed by atoms with E-state index in [-0.39, 0.29) is 29.4 Å². The summed E-state index contributed by atoms with van der Waals surface area (Å²) in [6.07, 6.45) is 4.61. The predicted octanol–water partition coefficient (Wildman–Crippen LogP) is 5.45. The lowest BCUT2D eigenvalue weighted by atomic mass is 9.82. The zero-order valence-electron chi connectivity index (χ0n) is 18.7. The number of halogens is 1. The second kappa shape index (κ2) is 9.64. The number of amides is 2. The fourth-order valence-electron chi connectivity index (χ4n) is 4.78. The van der Waals surface area contributed by atoms with E-state index in [4.69, 9.17) is 11.6 Å². The number of fused-ring (bicyclic) bond motifs is 3. The molecule has 0 spiro atoms. The number of anilines is 2. The van der Waals surface area contributed by atoms with Crippen LogP contribution in [0.25, 0.3) is 10.2 Å². The Hall–Kier alpha value is -2.88. The first-order valence-electron chi connectivity index (χ1n) is 11.1. The van der Waals surface area contributed by atoms with Crippen molar-refractivity contribution in [3.8, 4) is 0 Å². The highest BCUT2D eigenvalue weighted by Crippen LogP contribution is 2.48. The van der Waals surface area contributed by atoms with Gasteiger partial charge in [0.25, 0.3) is 0 Å². The highest BCUT2D eigenvalue weighted by Gasteiger charge is 2.51. The van der Waals surface area contributed by atoms with Crippen molar-refractivity contribution in [1.29, 1.82) is 0 Å². The van der Waals surface area contributed by atoms with Gasteiger partial charge in [0.05, 0.1) is 27.8 Å². The van der Waals surface area contributed by atoms with E-state index in [2.05, 4.69) is 15.6 Å². The Morgan fingerprint density at radius 3 is 2.54 bits per heavy atom. The minimum atomic E-state index is -0.920. The molecule has 0 radical (unpaired) electrons. The minimum absolute atomic E-state index is 0.0293. The molecule has 2 amide bonds. The summed E-state index contributed by atoms with van der Waals surface area (Å²) in [5.74, 6) is -2.49. The molecule has 2 aliphatic rings. The topological polar surface area (TPSA) is 108 Å². The number of nitrogens with zero attached hydrogens (tertiary/aromatic N) is 1. The molecule has 4 atom stereocenters. The number of carbonyl (C=O) groups excluding carboxylic acids is 2. The second-order valence-corrected chi connectivity index (χ2v) is 11.5. The smallest absolute Gasteiger partial charge is 0.307 e. The van der Waals surface area contributed by atoms with Crippen molar-refractivity contribution in [3.63, 3.8) is 0 Å². The first-order chi connectivity index (χ1) is 16.8. The standard InChI is InChI=1S/C25H22ClN3O4S2/c1-12-2-5-15(9-17(12)26)27-20(30)11-34-25-29-18-7-6-16(10-19(18)35-25)28-23(31)21-13-3-4-14(8-13)22(21)24(32)33/h2-7,9-10,13-14,21-22H,8,11H2,1H3,(H,27,30)(H,28,31)(H,32,33)/t13-,14-,21+,22-/m0/s1. The van der Waals surface area contributed by atoms with Crippen LogP contribution in [-0.4, -0.2) is 33.6 Å². The molecule has 2 bridgehead atoms. The molecule has 0 unspecified atom stereocenters. The fraction of sp³-hybridized carbons (Fsp3) is 0.280. The van der Waals surface area contributed by atoms with Gasteiger partial charge in [0, 0.05) is 16.4 Å². The highest BCUT2D eigenvalue weighted by molar-refractivity contribution is 8.01. The van der Waals surface area contributed by atoms with Gasteiger partial charge in [-0.05, 0) is 61.1 Å². The Morgan fingerprint density at radius 1 is 1.09 bits per heavy atom. The maximum Gasteiger partial charge on any atom is 0.307 e. The van der Waals surface area contributed by atoms with Gasteiger partial charge in [0.15, 0.2) is 4.34 Å². The van der Waals surface area contributed by atoms with Crippen LogP contribution in [0.15, 0.2) is 52.9 Å². The van der Waals surface area contributed by atoms with E-state index in [0.29, 0.717) is 22.8 Å². The number of aliphatic carboxylic acids is 1. The Balaban J connectivity index is 1.22. The number of hydrogen-bond acceptors (Lipinski definition) is 6. The van der Waals surface area contributed by atoms with Crippen molar-refractivity contribution in [1.82, 2.24) is 4.98 Å². The quantitative estimate of drug-likeness (QED) is 0.278. The molecule has 35 heavy (non-hydrogen) atoms.